The van der Waals surface area contributed by atoms with Crippen LogP contribution in [0.15, 0.2) is 58.5 Å². The van der Waals surface area contributed by atoms with E-state index >= 15 is 0 Å². The van der Waals surface area contributed by atoms with Gasteiger partial charge in [0.25, 0.3) is 5.56 Å². The molecule has 1 N–H and O–H groups in total. The Hall–Kier alpha value is -3.00. The number of nitrogens with zero attached hydrogens (tertiary/aromatic N) is 5. The zero-order valence-electron chi connectivity index (χ0n) is 14.2. The summed E-state index contributed by atoms with van der Waals surface area (Å²) < 4.78 is 1.68. The van der Waals surface area contributed by atoms with Crippen LogP contribution in [-0.2, 0) is 0 Å². The third-order valence-electron chi connectivity index (χ3n) is 4.02. The van der Waals surface area contributed by atoms with Crippen molar-refractivity contribution in [2.24, 2.45) is 0 Å². The molecular weight excluding hydrogens is 348 g/mol. The fraction of sp³-hybridized carbons (Fsp3) is 0.167. The van der Waals surface area contributed by atoms with Crippen LogP contribution in [0.5, 0.6) is 0 Å². The third-order valence-corrected chi connectivity index (χ3v) is 5.06. The summed E-state index contributed by atoms with van der Waals surface area (Å²) in [6, 6.07) is 15.3. The molecule has 0 spiro atoms. The highest BCUT2D eigenvalue weighted by molar-refractivity contribution is 7.99. The Morgan fingerprint density at radius 2 is 1.88 bits per heavy atom. The first-order valence-electron chi connectivity index (χ1n) is 8.13. The molecule has 1 unspecified atom stereocenters. The Balaban J connectivity index is 1.65. The summed E-state index contributed by atoms with van der Waals surface area (Å²) in [5.41, 5.74) is 2.59. The standard InChI is InChI=1S/C18H16N6OS/c1-11-7-9-13(10-8-11)24-18(21-22-23-24)26-12(2)16-19-15-6-4-3-5-14(15)17(25)20-16/h3-10,12H,1-2H3,(H,19,20,25). The Bertz CT molecular complexity index is 1120. The maximum absolute atomic E-state index is 12.3. The van der Waals surface area contributed by atoms with Crippen LogP contribution in [0.4, 0.5) is 0 Å². The van der Waals surface area contributed by atoms with E-state index in [-0.39, 0.29) is 10.8 Å². The van der Waals surface area contributed by atoms with Gasteiger partial charge in [0.2, 0.25) is 5.16 Å². The number of aromatic amines is 1. The minimum atomic E-state index is -0.142. The van der Waals surface area contributed by atoms with Crippen molar-refractivity contribution in [2.45, 2.75) is 24.3 Å². The molecule has 0 radical (unpaired) electrons. The molecule has 0 bridgehead atoms. The van der Waals surface area contributed by atoms with E-state index in [2.05, 4.69) is 25.5 Å². The second-order valence-corrected chi connectivity index (χ2v) is 7.25. The molecular formula is C18H16N6OS. The van der Waals surface area contributed by atoms with Crippen molar-refractivity contribution >= 4 is 22.7 Å². The van der Waals surface area contributed by atoms with E-state index in [1.807, 2.05) is 56.3 Å². The molecule has 4 aromatic rings. The number of rotatable bonds is 4. The summed E-state index contributed by atoms with van der Waals surface area (Å²) >= 11 is 1.44. The van der Waals surface area contributed by atoms with E-state index in [1.165, 1.54) is 17.3 Å². The van der Waals surface area contributed by atoms with Crippen LogP contribution in [0, 0.1) is 6.92 Å². The van der Waals surface area contributed by atoms with Crippen molar-refractivity contribution in [2.75, 3.05) is 0 Å². The van der Waals surface area contributed by atoms with Gasteiger partial charge < -0.3 is 4.98 Å². The molecule has 130 valence electrons. The zero-order valence-corrected chi connectivity index (χ0v) is 15.1. The quantitative estimate of drug-likeness (QED) is 0.560. The molecule has 0 fully saturated rings. The number of thioether (sulfide) groups is 1. The molecule has 2 aromatic heterocycles. The molecule has 0 aliphatic carbocycles. The molecule has 8 heteroatoms. The Morgan fingerprint density at radius 1 is 1.12 bits per heavy atom. The minimum Gasteiger partial charge on any atom is -0.309 e. The van der Waals surface area contributed by atoms with Crippen molar-refractivity contribution < 1.29 is 0 Å². The van der Waals surface area contributed by atoms with Gasteiger partial charge in [-0.25, -0.2) is 4.98 Å². The van der Waals surface area contributed by atoms with Crippen LogP contribution < -0.4 is 5.56 Å². The van der Waals surface area contributed by atoms with Crippen molar-refractivity contribution in [1.29, 1.82) is 0 Å². The van der Waals surface area contributed by atoms with Gasteiger partial charge in [-0.15, -0.1) is 5.10 Å². The normalized spacial score (nSPS) is 12.4. The molecule has 7 nitrogen and oxygen atoms in total. The average Bonchev–Trinajstić information content (AvgIpc) is 3.10. The number of H-pyrrole nitrogens is 1. The van der Waals surface area contributed by atoms with E-state index in [1.54, 1.807) is 10.7 Å². The fourth-order valence-corrected chi connectivity index (χ4v) is 3.48. The Labute approximate surface area is 153 Å². The second kappa shape index (κ2) is 6.72. The van der Waals surface area contributed by atoms with Gasteiger partial charge in [-0.05, 0) is 48.5 Å². The van der Waals surface area contributed by atoms with Gasteiger partial charge in [0.1, 0.15) is 5.82 Å². The van der Waals surface area contributed by atoms with E-state index < -0.39 is 0 Å². The molecule has 4 rings (SSSR count). The lowest BCUT2D eigenvalue weighted by atomic mass is 10.2. The van der Waals surface area contributed by atoms with Gasteiger partial charge in [0.15, 0.2) is 0 Å². The fourth-order valence-electron chi connectivity index (χ4n) is 2.61. The summed E-state index contributed by atoms with van der Waals surface area (Å²) in [4.78, 5) is 19.7. The smallest absolute Gasteiger partial charge is 0.258 e. The highest BCUT2D eigenvalue weighted by Gasteiger charge is 2.17. The molecule has 0 saturated carbocycles. The molecule has 2 heterocycles. The van der Waals surface area contributed by atoms with Gasteiger partial charge >= 0.3 is 0 Å². The third kappa shape index (κ3) is 3.11. The molecule has 26 heavy (non-hydrogen) atoms. The number of nitrogens with one attached hydrogen (secondary N) is 1. The van der Waals surface area contributed by atoms with E-state index in [9.17, 15) is 4.79 Å². The maximum atomic E-state index is 12.3. The van der Waals surface area contributed by atoms with Crippen LogP contribution >= 0.6 is 11.8 Å². The monoisotopic (exact) mass is 364 g/mol. The highest BCUT2D eigenvalue weighted by atomic mass is 32.2. The van der Waals surface area contributed by atoms with Crippen LogP contribution in [0.2, 0.25) is 0 Å². The molecule has 2 aromatic carbocycles. The lowest BCUT2D eigenvalue weighted by molar-refractivity contribution is 0.753. The maximum Gasteiger partial charge on any atom is 0.258 e. The lowest BCUT2D eigenvalue weighted by Gasteiger charge is -2.11. The lowest BCUT2D eigenvalue weighted by Crippen LogP contribution is -2.13. The minimum absolute atomic E-state index is 0.123. The summed E-state index contributed by atoms with van der Waals surface area (Å²) in [7, 11) is 0. The topological polar surface area (TPSA) is 89.3 Å². The Kier molecular flexibility index (Phi) is 4.26. The molecule has 0 aliphatic rings. The van der Waals surface area contributed by atoms with Crippen molar-refractivity contribution in [3.8, 4) is 5.69 Å². The van der Waals surface area contributed by atoms with Crippen molar-refractivity contribution in [3.05, 3.63) is 70.3 Å². The largest absolute Gasteiger partial charge is 0.309 e. The first-order chi connectivity index (χ1) is 12.6. The first kappa shape index (κ1) is 16.5. The van der Waals surface area contributed by atoms with Crippen LogP contribution in [0.3, 0.4) is 0 Å². The van der Waals surface area contributed by atoms with Crippen LogP contribution in [0.1, 0.15) is 23.6 Å². The number of hydrogen-bond acceptors (Lipinski definition) is 6. The summed E-state index contributed by atoms with van der Waals surface area (Å²) in [5.74, 6) is 0.595. The number of hydrogen-bond donors (Lipinski definition) is 1. The number of aromatic nitrogens is 6. The number of fused-ring (bicyclic) bond motifs is 1. The molecule has 0 amide bonds. The molecule has 1 atom stereocenters. The number of benzene rings is 2. The summed E-state index contributed by atoms with van der Waals surface area (Å²) in [5, 5.41) is 13.1. The SMILES string of the molecule is Cc1ccc(-n2nnnc2SC(C)c2nc3ccccc3c(=O)[nH]2)cc1. The highest BCUT2D eigenvalue weighted by Crippen LogP contribution is 2.32. The zero-order chi connectivity index (χ0) is 18.1. The van der Waals surface area contributed by atoms with E-state index in [0.717, 1.165) is 5.69 Å². The van der Waals surface area contributed by atoms with Crippen LogP contribution in [0.25, 0.3) is 16.6 Å². The molecule has 0 aliphatic heterocycles. The van der Waals surface area contributed by atoms with Crippen molar-refractivity contribution in [1.82, 2.24) is 30.2 Å². The summed E-state index contributed by atoms with van der Waals surface area (Å²) in [6.07, 6.45) is 0. The van der Waals surface area contributed by atoms with Gasteiger partial charge in [-0.2, -0.15) is 4.68 Å². The predicted molar refractivity (Wildman–Crippen MR) is 101 cm³/mol. The predicted octanol–water partition coefficient (Wildman–Crippen LogP) is 3.06. The van der Waals surface area contributed by atoms with Gasteiger partial charge in [-0.3, -0.25) is 4.79 Å². The second-order valence-electron chi connectivity index (χ2n) is 5.94. The summed E-state index contributed by atoms with van der Waals surface area (Å²) in [6.45, 7) is 3.99. The van der Waals surface area contributed by atoms with Crippen molar-refractivity contribution in [3.63, 3.8) is 0 Å². The van der Waals surface area contributed by atoms with E-state index in [0.29, 0.717) is 21.9 Å². The first-order valence-corrected chi connectivity index (χ1v) is 9.01. The average molecular weight is 364 g/mol. The number of aryl methyl sites for hydroxylation is 1. The number of para-hydroxylation sites is 1. The van der Waals surface area contributed by atoms with Gasteiger partial charge in [0, 0.05) is 0 Å². The Morgan fingerprint density at radius 3 is 2.69 bits per heavy atom. The molecule has 0 saturated heterocycles. The van der Waals surface area contributed by atoms with E-state index in [4.69, 9.17) is 0 Å². The number of tetrazole rings is 1. The van der Waals surface area contributed by atoms with Gasteiger partial charge in [0.05, 0.1) is 21.8 Å². The van der Waals surface area contributed by atoms with Gasteiger partial charge in [-0.1, -0.05) is 41.6 Å². The van der Waals surface area contributed by atoms with Crippen LogP contribution in [-0.4, -0.2) is 30.2 Å².